The van der Waals surface area contributed by atoms with Crippen molar-refractivity contribution in [2.45, 2.75) is 236 Å². The van der Waals surface area contributed by atoms with E-state index >= 15 is 8.78 Å². The molecule has 0 spiro atoms. The quantitative estimate of drug-likeness (QED) is 0.117. The highest BCUT2D eigenvalue weighted by molar-refractivity contribution is 5.81. The summed E-state index contributed by atoms with van der Waals surface area (Å²) in [6.07, 6.45) is 8.25. The van der Waals surface area contributed by atoms with Crippen LogP contribution in [0.2, 0.25) is 0 Å². The minimum Gasteiger partial charge on any atom is -0.206 e. The third-order valence-electron chi connectivity index (χ3n) is 20.0. The first-order chi connectivity index (χ1) is 45.8. The van der Waals surface area contributed by atoms with Crippen LogP contribution in [0.1, 0.15) is 233 Å². The Kier molecular flexibility index (Phi) is 22.7. The number of nitrogens with zero attached hydrogens (tertiary/aromatic N) is 6. The van der Waals surface area contributed by atoms with Crippen molar-refractivity contribution in [3.63, 3.8) is 0 Å². The van der Waals surface area contributed by atoms with Crippen molar-refractivity contribution in [3.05, 3.63) is 213 Å². The minimum absolute atomic E-state index is 0.00655. The highest BCUT2D eigenvalue weighted by atomic mass is 19.4. The van der Waals surface area contributed by atoms with E-state index in [9.17, 15) is 13.2 Å². The number of aryl methyl sites for hydroxylation is 6. The summed E-state index contributed by atoms with van der Waals surface area (Å²) in [6.45, 7) is 59.4. The molecule has 101 heavy (non-hydrogen) atoms. The summed E-state index contributed by atoms with van der Waals surface area (Å²) in [5.41, 5.74) is 22.6. The average molecular weight is 1380 g/mol. The van der Waals surface area contributed by atoms with E-state index in [0.29, 0.717) is 27.8 Å². The van der Waals surface area contributed by atoms with Crippen LogP contribution in [0.4, 0.5) is 22.0 Å². The van der Waals surface area contributed by atoms with E-state index in [0.717, 1.165) is 56.7 Å². The van der Waals surface area contributed by atoms with Gasteiger partial charge in [0.05, 0.1) is 38.9 Å². The maximum absolute atomic E-state index is 15.1. The summed E-state index contributed by atoms with van der Waals surface area (Å²) >= 11 is 0. The van der Waals surface area contributed by atoms with Crippen LogP contribution < -0.4 is 27.4 Å². The molecule has 0 aliphatic carbocycles. The van der Waals surface area contributed by atoms with Gasteiger partial charge in [0, 0.05) is 75.8 Å². The summed E-state index contributed by atoms with van der Waals surface area (Å²) in [5, 5.41) is 0. The number of halogens is 5. The van der Waals surface area contributed by atoms with Crippen LogP contribution in [0.3, 0.4) is 0 Å². The first-order valence-electron chi connectivity index (χ1n) is 35.8. The van der Waals surface area contributed by atoms with Crippen molar-refractivity contribution < 1.29 is 49.4 Å². The SMILES string of the molecule is Cc1c(-c2ccc(C(C)(C)C)c[n+]2C)c(C(C)(C)C)cc(C(C)(C)C)c1-c1ccc(C(C)(C)C)c[n+]1C.Cc1c(-c2ccc(C(C)(C)C)c[n+]2C)c(F)cc(F)c1-c1ccc(C(C)(C)C)c[n+]1C.Cc1c(-c2ccc(C(C)(C)C)c[n+]2C)cc(C(F)(F)F)cc1-c1ccc(C(C)(C)C)c[n+]1C. The number of alkyl halides is 3. The number of hydrogen-bond donors (Lipinski definition) is 0. The molecule has 9 rings (SSSR count). The lowest BCUT2D eigenvalue weighted by atomic mass is 9.73. The van der Waals surface area contributed by atoms with Gasteiger partial charge in [-0.05, 0) is 140 Å². The van der Waals surface area contributed by atoms with Crippen LogP contribution in [-0.4, -0.2) is 0 Å². The largest absolute Gasteiger partial charge is 0.416 e. The van der Waals surface area contributed by atoms with Gasteiger partial charge in [-0.3, -0.25) is 0 Å². The van der Waals surface area contributed by atoms with E-state index in [4.69, 9.17) is 0 Å². The smallest absolute Gasteiger partial charge is 0.206 e. The molecule has 0 radical (unpaired) electrons. The second kappa shape index (κ2) is 28.4. The maximum atomic E-state index is 15.1. The molecule has 0 amide bonds. The van der Waals surface area contributed by atoms with E-state index < -0.39 is 23.4 Å². The summed E-state index contributed by atoms with van der Waals surface area (Å²) in [7, 11) is 12.0. The Morgan fingerprint density at radius 1 is 0.238 bits per heavy atom. The van der Waals surface area contributed by atoms with Gasteiger partial charge in [0.1, 0.15) is 53.9 Å². The van der Waals surface area contributed by atoms with Crippen LogP contribution >= 0.6 is 0 Å². The summed E-state index contributed by atoms with van der Waals surface area (Å²) in [4.78, 5) is 0. The van der Waals surface area contributed by atoms with E-state index in [1.54, 1.807) is 6.92 Å². The summed E-state index contributed by atoms with van der Waals surface area (Å²) in [5.74, 6) is -1.10. The van der Waals surface area contributed by atoms with Crippen molar-refractivity contribution >= 4 is 0 Å². The molecule has 0 N–H and O–H groups in total. The Bertz CT molecular complexity index is 4310. The van der Waals surface area contributed by atoms with Crippen LogP contribution in [-0.2, 0) is 91.8 Å². The van der Waals surface area contributed by atoms with Gasteiger partial charge in [-0.2, -0.15) is 13.2 Å². The molecule has 0 bridgehead atoms. The van der Waals surface area contributed by atoms with Crippen LogP contribution in [0.15, 0.2) is 134 Å². The molecule has 0 aliphatic heterocycles. The lowest BCUT2D eigenvalue weighted by Crippen LogP contribution is -2.36. The molecule has 6 aromatic heterocycles. The van der Waals surface area contributed by atoms with E-state index in [2.05, 4.69) is 239 Å². The van der Waals surface area contributed by atoms with Crippen molar-refractivity contribution in [2.24, 2.45) is 42.3 Å². The van der Waals surface area contributed by atoms with Crippen molar-refractivity contribution in [2.75, 3.05) is 0 Å². The topological polar surface area (TPSA) is 23.3 Å². The Hall–Kier alpha value is -7.79. The second-order valence-electron chi connectivity index (χ2n) is 36.7. The zero-order valence-corrected chi connectivity index (χ0v) is 67.8. The molecule has 0 fully saturated rings. The molecule has 0 atom stereocenters. The summed E-state index contributed by atoms with van der Waals surface area (Å²) < 4.78 is 84.3. The molecular formula is C90H121F5N6+6. The van der Waals surface area contributed by atoms with Gasteiger partial charge < -0.3 is 0 Å². The minimum atomic E-state index is -4.44. The van der Waals surface area contributed by atoms with Gasteiger partial charge in [-0.15, -0.1) is 0 Å². The van der Waals surface area contributed by atoms with Crippen molar-refractivity contribution in [3.8, 4) is 67.5 Å². The molecule has 6 nitrogen and oxygen atoms in total. The number of pyridine rings is 6. The molecule has 11 heteroatoms. The van der Waals surface area contributed by atoms with Crippen molar-refractivity contribution in [1.29, 1.82) is 0 Å². The highest BCUT2D eigenvalue weighted by Gasteiger charge is 2.38. The van der Waals surface area contributed by atoms with Gasteiger partial charge in [-0.1, -0.05) is 172 Å². The van der Waals surface area contributed by atoms with Gasteiger partial charge in [0.15, 0.2) is 37.2 Å². The number of hydrogen-bond acceptors (Lipinski definition) is 0. The predicted octanol–water partition coefficient (Wildman–Crippen LogP) is 20.6. The Labute approximate surface area is 605 Å². The number of rotatable bonds is 6. The maximum Gasteiger partial charge on any atom is 0.416 e. The molecule has 6 heterocycles. The lowest BCUT2D eigenvalue weighted by Gasteiger charge is -2.31. The van der Waals surface area contributed by atoms with Gasteiger partial charge >= 0.3 is 6.18 Å². The molecule has 3 aromatic carbocycles. The highest BCUT2D eigenvalue weighted by Crippen LogP contribution is 2.46. The average Bonchev–Trinajstić information content (AvgIpc) is 0.708. The van der Waals surface area contributed by atoms with E-state index in [-0.39, 0.29) is 43.3 Å². The number of aromatic nitrogens is 6. The summed E-state index contributed by atoms with van der Waals surface area (Å²) in [6, 6.07) is 31.1. The second-order valence-corrected chi connectivity index (χ2v) is 36.7. The lowest BCUT2D eigenvalue weighted by molar-refractivity contribution is -0.661. The van der Waals surface area contributed by atoms with Crippen LogP contribution in [0.5, 0.6) is 0 Å². The fourth-order valence-electron chi connectivity index (χ4n) is 13.3. The van der Waals surface area contributed by atoms with Gasteiger partial charge in [0.25, 0.3) is 0 Å². The Morgan fingerprint density at radius 2 is 0.446 bits per heavy atom. The molecule has 0 saturated heterocycles. The fourth-order valence-corrected chi connectivity index (χ4v) is 13.3. The molecule has 9 aromatic rings. The van der Waals surface area contributed by atoms with Crippen molar-refractivity contribution in [1.82, 2.24) is 0 Å². The van der Waals surface area contributed by atoms with E-state index in [1.807, 2.05) is 127 Å². The fraction of sp³-hybridized carbons (Fsp3) is 0.467. The van der Waals surface area contributed by atoms with Crippen LogP contribution in [0.25, 0.3) is 67.5 Å². The number of benzene rings is 3. The molecule has 540 valence electrons. The molecule has 0 saturated carbocycles. The first-order valence-corrected chi connectivity index (χ1v) is 35.8. The van der Waals surface area contributed by atoms with E-state index in [1.165, 1.54) is 62.5 Å². The Morgan fingerprint density at radius 3 is 0.644 bits per heavy atom. The predicted molar refractivity (Wildman–Crippen MR) is 408 cm³/mol. The molecule has 0 aliphatic rings. The zero-order chi connectivity index (χ0) is 76.5. The standard InChI is InChI=1S/C35H52N2.C28H35F3N2.C27H34F2N2/c1-23-30(28-18-16-24(21-36(28)14)32(2,3)4)26(34(8,9)10)20-27(35(11,12)13)31(23)29-19-17-25(22-37(29)15)33(5,6)7;1-18-22(24-12-10-19(16-32(24)8)26(2,3)4)14-21(28(29,30)31)15-23(18)25-13-11-20(17-33(25)9)27(5,6)7;1-17-24(22-12-10-18(15-30(22)8)26(2,3)4)20(28)14-21(29)25(17)23-13-11-19(16-31(23)9)27(5,6)7/h16-22H,1-15H3;10-17H,1-9H3;10-16H,1-9H3/q3*+2. The normalized spacial score (nSPS) is 12.9. The van der Waals surface area contributed by atoms with Gasteiger partial charge in [0.2, 0.25) is 34.2 Å². The third kappa shape index (κ3) is 18.0. The first kappa shape index (κ1) is 80.5. The third-order valence-corrected chi connectivity index (χ3v) is 20.0. The molecular weight excluding hydrogens is 1260 g/mol. The monoisotopic (exact) mass is 1380 g/mol. The van der Waals surface area contributed by atoms with Gasteiger partial charge in [-0.25, -0.2) is 36.2 Å². The zero-order valence-electron chi connectivity index (χ0n) is 67.8. The van der Waals surface area contributed by atoms with Crippen LogP contribution in [0, 0.1) is 32.4 Å². The molecule has 0 unspecified atom stereocenters. The Balaban J connectivity index is 0.000000213.